The fraction of sp³-hybridized carbons (Fsp3) is 0.417. The normalized spacial score (nSPS) is 10.5. The Labute approximate surface area is 101 Å². The minimum Gasteiger partial charge on any atom is -0.487 e. The lowest BCUT2D eigenvalue weighted by Gasteiger charge is -2.16. The van der Waals surface area contributed by atoms with Crippen LogP contribution in [-0.2, 0) is 0 Å². The lowest BCUT2D eigenvalue weighted by Crippen LogP contribution is -2.15. The molecule has 0 aromatic heterocycles. The molecule has 2 N–H and O–H groups in total. The second kappa shape index (κ2) is 5.80. The van der Waals surface area contributed by atoms with E-state index in [0.29, 0.717) is 5.56 Å². The average Bonchev–Trinajstić information content (AvgIpc) is 2.27. The lowest BCUT2D eigenvalue weighted by molar-refractivity contribution is 0.184. The Morgan fingerprint density at radius 2 is 2.06 bits per heavy atom. The third kappa shape index (κ3) is 3.17. The number of hydrogen-bond donors (Lipinski definition) is 1. The van der Waals surface area contributed by atoms with Crippen LogP contribution >= 0.6 is 12.2 Å². The summed E-state index contributed by atoms with van der Waals surface area (Å²) in [5.74, 6) is -0.161. The second-order valence-electron chi connectivity index (χ2n) is 3.57. The van der Waals surface area contributed by atoms with Gasteiger partial charge in [-0.1, -0.05) is 26.1 Å². The van der Waals surface area contributed by atoms with E-state index in [-0.39, 0.29) is 16.8 Å². The first-order valence-electron chi connectivity index (χ1n) is 5.34. The number of nitrogens with two attached hydrogens (primary N) is 1. The molecule has 0 fully saturated rings. The zero-order chi connectivity index (χ0) is 12.1. The summed E-state index contributed by atoms with van der Waals surface area (Å²) in [4.78, 5) is 0.188. The number of thiocarbonyl (C=S) groups is 1. The van der Waals surface area contributed by atoms with E-state index in [4.69, 9.17) is 22.7 Å². The standard InChI is InChI=1S/C12H16FNOS/c1-3-9(4-2)15-11-6-5-8(12(14)16)7-10(11)13/h5-7,9H,3-4H2,1-2H3,(H2,14,16). The summed E-state index contributed by atoms with van der Waals surface area (Å²) in [6, 6.07) is 4.55. The molecule has 0 amide bonds. The summed E-state index contributed by atoms with van der Waals surface area (Å²) in [5.41, 5.74) is 5.93. The monoisotopic (exact) mass is 241 g/mol. The zero-order valence-corrected chi connectivity index (χ0v) is 10.3. The van der Waals surface area contributed by atoms with E-state index in [2.05, 4.69) is 0 Å². The quantitative estimate of drug-likeness (QED) is 0.805. The SMILES string of the molecule is CCC(CC)Oc1ccc(C(N)=S)cc1F. The van der Waals surface area contributed by atoms with Gasteiger partial charge in [0.1, 0.15) is 4.99 Å². The van der Waals surface area contributed by atoms with Crippen LogP contribution in [0.5, 0.6) is 5.75 Å². The first-order valence-corrected chi connectivity index (χ1v) is 5.75. The summed E-state index contributed by atoms with van der Waals surface area (Å²) in [7, 11) is 0. The van der Waals surface area contributed by atoms with Crippen LogP contribution in [0.25, 0.3) is 0 Å². The summed E-state index contributed by atoms with van der Waals surface area (Å²) in [5, 5.41) is 0. The molecule has 2 nitrogen and oxygen atoms in total. The van der Waals surface area contributed by atoms with Gasteiger partial charge in [0.05, 0.1) is 6.10 Å². The van der Waals surface area contributed by atoms with Gasteiger partial charge in [-0.05, 0) is 31.0 Å². The number of halogens is 1. The molecule has 0 atom stereocenters. The van der Waals surface area contributed by atoms with E-state index in [1.807, 2.05) is 13.8 Å². The Hall–Kier alpha value is -1.16. The van der Waals surface area contributed by atoms with Crippen molar-refractivity contribution in [3.8, 4) is 5.75 Å². The van der Waals surface area contributed by atoms with Crippen LogP contribution in [0.15, 0.2) is 18.2 Å². The highest BCUT2D eigenvalue weighted by atomic mass is 32.1. The molecule has 0 aliphatic heterocycles. The molecule has 0 aliphatic carbocycles. The zero-order valence-electron chi connectivity index (χ0n) is 9.50. The summed E-state index contributed by atoms with van der Waals surface area (Å²) < 4.78 is 19.1. The van der Waals surface area contributed by atoms with Crippen LogP contribution in [0.1, 0.15) is 32.3 Å². The van der Waals surface area contributed by atoms with Crippen LogP contribution in [0.3, 0.4) is 0 Å². The Bertz CT molecular complexity index is 377. The van der Waals surface area contributed by atoms with Crippen LogP contribution in [-0.4, -0.2) is 11.1 Å². The van der Waals surface area contributed by atoms with Gasteiger partial charge in [0.25, 0.3) is 0 Å². The third-order valence-electron chi connectivity index (χ3n) is 2.42. The smallest absolute Gasteiger partial charge is 0.165 e. The molecule has 4 heteroatoms. The maximum Gasteiger partial charge on any atom is 0.165 e. The van der Waals surface area contributed by atoms with Crippen molar-refractivity contribution in [1.29, 1.82) is 0 Å². The van der Waals surface area contributed by atoms with Crippen molar-refractivity contribution in [2.24, 2.45) is 5.73 Å². The molecule has 0 saturated carbocycles. The van der Waals surface area contributed by atoms with E-state index in [1.165, 1.54) is 6.07 Å². The highest BCUT2D eigenvalue weighted by Crippen LogP contribution is 2.21. The molecule has 0 radical (unpaired) electrons. The van der Waals surface area contributed by atoms with Gasteiger partial charge < -0.3 is 10.5 Å². The Morgan fingerprint density at radius 1 is 1.44 bits per heavy atom. The summed E-state index contributed by atoms with van der Waals surface area (Å²) >= 11 is 4.77. The summed E-state index contributed by atoms with van der Waals surface area (Å²) in [6.07, 6.45) is 1.75. The van der Waals surface area contributed by atoms with E-state index >= 15 is 0 Å². The Balaban J connectivity index is 2.86. The fourth-order valence-electron chi connectivity index (χ4n) is 1.38. The predicted molar refractivity (Wildman–Crippen MR) is 67.3 cm³/mol. The fourth-order valence-corrected chi connectivity index (χ4v) is 1.51. The largest absolute Gasteiger partial charge is 0.487 e. The van der Waals surface area contributed by atoms with Crippen molar-refractivity contribution in [2.75, 3.05) is 0 Å². The van der Waals surface area contributed by atoms with E-state index in [1.54, 1.807) is 12.1 Å². The number of ether oxygens (including phenoxy) is 1. The van der Waals surface area contributed by atoms with E-state index in [9.17, 15) is 4.39 Å². The first kappa shape index (κ1) is 12.9. The number of rotatable bonds is 5. The molecule has 0 bridgehead atoms. The molecule has 0 spiro atoms. The highest BCUT2D eigenvalue weighted by molar-refractivity contribution is 7.80. The van der Waals surface area contributed by atoms with Crippen molar-refractivity contribution < 1.29 is 9.13 Å². The Kier molecular flexibility index (Phi) is 4.68. The van der Waals surface area contributed by atoms with Gasteiger partial charge in [0.15, 0.2) is 11.6 Å². The van der Waals surface area contributed by atoms with E-state index in [0.717, 1.165) is 12.8 Å². The van der Waals surface area contributed by atoms with Gasteiger partial charge in [0, 0.05) is 5.56 Å². The highest BCUT2D eigenvalue weighted by Gasteiger charge is 2.10. The van der Waals surface area contributed by atoms with Crippen LogP contribution in [0.4, 0.5) is 4.39 Å². The molecule has 0 heterocycles. The van der Waals surface area contributed by atoms with Crippen molar-refractivity contribution in [3.63, 3.8) is 0 Å². The van der Waals surface area contributed by atoms with Gasteiger partial charge in [-0.3, -0.25) is 0 Å². The van der Waals surface area contributed by atoms with Crippen LogP contribution in [0, 0.1) is 5.82 Å². The molecule has 88 valence electrons. The number of benzene rings is 1. The first-order chi connectivity index (χ1) is 7.58. The maximum absolute atomic E-state index is 13.6. The average molecular weight is 241 g/mol. The lowest BCUT2D eigenvalue weighted by atomic mass is 10.2. The Morgan fingerprint density at radius 3 is 2.50 bits per heavy atom. The maximum atomic E-state index is 13.6. The molecule has 0 saturated heterocycles. The molecular weight excluding hydrogens is 225 g/mol. The van der Waals surface area contributed by atoms with Gasteiger partial charge in [-0.15, -0.1) is 0 Å². The van der Waals surface area contributed by atoms with E-state index < -0.39 is 5.82 Å². The predicted octanol–water partition coefficient (Wildman–Crippen LogP) is 3.03. The minimum atomic E-state index is -0.419. The molecule has 1 rings (SSSR count). The minimum absolute atomic E-state index is 0.0465. The molecule has 1 aromatic carbocycles. The molecule has 16 heavy (non-hydrogen) atoms. The second-order valence-corrected chi connectivity index (χ2v) is 4.01. The third-order valence-corrected chi connectivity index (χ3v) is 2.66. The van der Waals surface area contributed by atoms with Crippen molar-refractivity contribution in [3.05, 3.63) is 29.6 Å². The molecule has 0 aliphatic rings. The van der Waals surface area contributed by atoms with Crippen molar-refractivity contribution in [1.82, 2.24) is 0 Å². The van der Waals surface area contributed by atoms with Gasteiger partial charge in [0.2, 0.25) is 0 Å². The van der Waals surface area contributed by atoms with Crippen molar-refractivity contribution in [2.45, 2.75) is 32.8 Å². The van der Waals surface area contributed by atoms with Crippen LogP contribution < -0.4 is 10.5 Å². The molecular formula is C12H16FNOS. The van der Waals surface area contributed by atoms with Gasteiger partial charge in [-0.2, -0.15) is 0 Å². The molecule has 1 aromatic rings. The molecule has 0 unspecified atom stereocenters. The van der Waals surface area contributed by atoms with Crippen molar-refractivity contribution >= 4 is 17.2 Å². The topological polar surface area (TPSA) is 35.2 Å². The number of hydrogen-bond acceptors (Lipinski definition) is 2. The van der Waals surface area contributed by atoms with Gasteiger partial charge >= 0.3 is 0 Å². The summed E-state index contributed by atoms with van der Waals surface area (Å²) in [6.45, 7) is 4.02. The van der Waals surface area contributed by atoms with Crippen LogP contribution in [0.2, 0.25) is 0 Å². The van der Waals surface area contributed by atoms with Gasteiger partial charge in [-0.25, -0.2) is 4.39 Å².